The summed E-state index contributed by atoms with van der Waals surface area (Å²) in [4.78, 5) is 31.2. The molecule has 2 aliphatic rings. The van der Waals surface area contributed by atoms with Crippen LogP contribution < -0.4 is 10.9 Å². The van der Waals surface area contributed by atoms with E-state index in [2.05, 4.69) is 15.2 Å². The lowest BCUT2D eigenvalue weighted by Gasteiger charge is -2.18. The SMILES string of the molecule is O=C(CC1CC1)NCc1cc(=O)n2c(n1)CN(Cc1ccco1)CCC2. The molecule has 3 heterocycles. The number of aromatic nitrogens is 2. The molecule has 26 heavy (non-hydrogen) atoms. The number of amides is 1. The summed E-state index contributed by atoms with van der Waals surface area (Å²) < 4.78 is 7.18. The molecule has 1 amide bonds. The van der Waals surface area contributed by atoms with Gasteiger partial charge in [0.2, 0.25) is 5.91 Å². The van der Waals surface area contributed by atoms with Gasteiger partial charge in [-0.1, -0.05) is 0 Å². The summed E-state index contributed by atoms with van der Waals surface area (Å²) in [6.45, 7) is 3.17. The first kappa shape index (κ1) is 17.0. The Morgan fingerprint density at radius 2 is 2.23 bits per heavy atom. The summed E-state index contributed by atoms with van der Waals surface area (Å²) in [6.07, 6.45) is 5.45. The molecule has 0 spiro atoms. The molecule has 0 saturated heterocycles. The second-order valence-corrected chi connectivity index (χ2v) is 7.22. The van der Waals surface area contributed by atoms with Crippen molar-refractivity contribution in [3.8, 4) is 0 Å². The average molecular weight is 356 g/mol. The molecule has 0 radical (unpaired) electrons. The van der Waals surface area contributed by atoms with E-state index in [1.165, 1.54) is 0 Å². The van der Waals surface area contributed by atoms with Gasteiger partial charge in [-0.15, -0.1) is 0 Å². The van der Waals surface area contributed by atoms with Crippen LogP contribution in [0.15, 0.2) is 33.7 Å². The number of hydrogen-bond acceptors (Lipinski definition) is 5. The summed E-state index contributed by atoms with van der Waals surface area (Å²) in [6, 6.07) is 5.38. The minimum atomic E-state index is -0.0405. The van der Waals surface area contributed by atoms with Crippen LogP contribution >= 0.6 is 0 Å². The zero-order chi connectivity index (χ0) is 17.9. The molecule has 0 aromatic carbocycles. The number of carbonyl (C=O) groups is 1. The highest BCUT2D eigenvalue weighted by Gasteiger charge is 2.24. The van der Waals surface area contributed by atoms with E-state index in [9.17, 15) is 9.59 Å². The highest BCUT2D eigenvalue weighted by atomic mass is 16.3. The molecule has 2 aromatic rings. The van der Waals surface area contributed by atoms with Crippen molar-refractivity contribution in [2.24, 2.45) is 5.92 Å². The predicted molar refractivity (Wildman–Crippen MR) is 95.1 cm³/mol. The second-order valence-electron chi connectivity index (χ2n) is 7.22. The normalized spacial score (nSPS) is 17.5. The lowest BCUT2D eigenvalue weighted by molar-refractivity contribution is -0.121. The van der Waals surface area contributed by atoms with Gasteiger partial charge in [0.1, 0.15) is 11.6 Å². The van der Waals surface area contributed by atoms with Crippen LogP contribution in [0.25, 0.3) is 0 Å². The number of fused-ring (bicyclic) bond motifs is 1. The molecule has 7 nitrogen and oxygen atoms in total. The van der Waals surface area contributed by atoms with Gasteiger partial charge in [0.05, 0.1) is 31.6 Å². The Hall–Kier alpha value is -2.41. The number of hydrogen-bond donors (Lipinski definition) is 1. The molecule has 0 bridgehead atoms. The first-order valence-corrected chi connectivity index (χ1v) is 9.28. The van der Waals surface area contributed by atoms with Gasteiger partial charge in [-0.2, -0.15) is 0 Å². The van der Waals surface area contributed by atoms with E-state index in [1.807, 2.05) is 12.1 Å². The van der Waals surface area contributed by atoms with E-state index in [1.54, 1.807) is 16.9 Å². The molecule has 2 aromatic heterocycles. The van der Waals surface area contributed by atoms with Gasteiger partial charge in [0.25, 0.3) is 5.56 Å². The van der Waals surface area contributed by atoms with Crippen molar-refractivity contribution < 1.29 is 9.21 Å². The lowest BCUT2D eigenvalue weighted by Crippen LogP contribution is -2.30. The van der Waals surface area contributed by atoms with E-state index in [0.717, 1.165) is 37.4 Å². The van der Waals surface area contributed by atoms with Crippen molar-refractivity contribution in [1.82, 2.24) is 19.8 Å². The minimum absolute atomic E-state index is 0.0405. The Labute approximate surface area is 152 Å². The molecule has 0 unspecified atom stereocenters. The van der Waals surface area contributed by atoms with Crippen LogP contribution in [0.3, 0.4) is 0 Å². The van der Waals surface area contributed by atoms with Crippen molar-refractivity contribution in [1.29, 1.82) is 0 Å². The number of carbonyl (C=O) groups excluding carboxylic acids is 1. The topological polar surface area (TPSA) is 80.4 Å². The van der Waals surface area contributed by atoms with Gasteiger partial charge in [0.15, 0.2) is 0 Å². The van der Waals surface area contributed by atoms with Crippen LogP contribution in [0.4, 0.5) is 0 Å². The van der Waals surface area contributed by atoms with Crippen LogP contribution in [0.5, 0.6) is 0 Å². The van der Waals surface area contributed by atoms with Gasteiger partial charge in [0, 0.05) is 25.6 Å². The maximum atomic E-state index is 12.5. The quantitative estimate of drug-likeness (QED) is 0.851. The number of nitrogens with zero attached hydrogens (tertiary/aromatic N) is 3. The average Bonchev–Trinajstić information content (AvgIpc) is 3.32. The fourth-order valence-corrected chi connectivity index (χ4v) is 3.39. The monoisotopic (exact) mass is 356 g/mol. The Bertz CT molecular complexity index is 824. The van der Waals surface area contributed by atoms with E-state index in [4.69, 9.17) is 4.42 Å². The predicted octanol–water partition coefficient (Wildman–Crippen LogP) is 1.66. The fourth-order valence-electron chi connectivity index (χ4n) is 3.39. The van der Waals surface area contributed by atoms with Crippen molar-refractivity contribution in [2.45, 2.75) is 51.9 Å². The smallest absolute Gasteiger partial charge is 0.253 e. The molecular formula is C19H24N4O3. The zero-order valence-corrected chi connectivity index (χ0v) is 14.8. The number of nitrogens with one attached hydrogen (secondary N) is 1. The standard InChI is InChI=1S/C19H24N4O3/c24-18(9-14-4-5-14)20-11-15-10-19(25)23-7-2-6-22(13-17(23)21-15)12-16-3-1-8-26-16/h1,3,8,10,14H,2,4-7,9,11-13H2,(H,20,24). The van der Waals surface area contributed by atoms with Crippen LogP contribution in [0, 0.1) is 5.92 Å². The third-order valence-corrected chi connectivity index (χ3v) is 4.96. The second kappa shape index (κ2) is 7.45. The maximum Gasteiger partial charge on any atom is 0.253 e. The molecule has 1 N–H and O–H groups in total. The van der Waals surface area contributed by atoms with E-state index in [-0.39, 0.29) is 11.5 Å². The Morgan fingerprint density at radius 3 is 3.00 bits per heavy atom. The van der Waals surface area contributed by atoms with Crippen molar-refractivity contribution in [3.05, 3.63) is 52.1 Å². The first-order chi connectivity index (χ1) is 12.7. The van der Waals surface area contributed by atoms with E-state index in [0.29, 0.717) is 44.2 Å². The van der Waals surface area contributed by atoms with Crippen LogP contribution in [-0.2, 0) is 31.0 Å². The Morgan fingerprint density at radius 1 is 1.35 bits per heavy atom. The molecule has 1 aliphatic heterocycles. The van der Waals surface area contributed by atoms with E-state index >= 15 is 0 Å². The van der Waals surface area contributed by atoms with Gasteiger partial charge in [-0.05, 0) is 37.3 Å². The third kappa shape index (κ3) is 4.22. The molecule has 0 atom stereocenters. The van der Waals surface area contributed by atoms with Gasteiger partial charge in [-0.25, -0.2) is 4.98 Å². The minimum Gasteiger partial charge on any atom is -0.468 e. The summed E-state index contributed by atoms with van der Waals surface area (Å²) in [7, 11) is 0. The highest BCUT2D eigenvalue weighted by Crippen LogP contribution is 2.32. The zero-order valence-electron chi connectivity index (χ0n) is 14.8. The third-order valence-electron chi connectivity index (χ3n) is 4.96. The molecular weight excluding hydrogens is 332 g/mol. The number of rotatable bonds is 6. The molecule has 138 valence electrons. The van der Waals surface area contributed by atoms with Crippen LogP contribution in [0.1, 0.15) is 43.0 Å². The summed E-state index contributed by atoms with van der Waals surface area (Å²) >= 11 is 0. The van der Waals surface area contributed by atoms with Crippen LogP contribution in [0.2, 0.25) is 0 Å². The summed E-state index contributed by atoms with van der Waals surface area (Å²) in [5.41, 5.74) is 0.589. The fraction of sp³-hybridized carbons (Fsp3) is 0.526. The van der Waals surface area contributed by atoms with Crippen molar-refractivity contribution >= 4 is 5.91 Å². The largest absolute Gasteiger partial charge is 0.468 e. The molecule has 1 aliphatic carbocycles. The van der Waals surface area contributed by atoms with Crippen molar-refractivity contribution in [3.63, 3.8) is 0 Å². The summed E-state index contributed by atoms with van der Waals surface area (Å²) in [5.74, 6) is 2.26. The summed E-state index contributed by atoms with van der Waals surface area (Å²) in [5, 5.41) is 2.89. The van der Waals surface area contributed by atoms with Gasteiger partial charge < -0.3 is 9.73 Å². The molecule has 7 heteroatoms. The van der Waals surface area contributed by atoms with Gasteiger partial charge >= 0.3 is 0 Å². The maximum absolute atomic E-state index is 12.5. The van der Waals surface area contributed by atoms with E-state index < -0.39 is 0 Å². The lowest BCUT2D eigenvalue weighted by atomic mass is 10.2. The van der Waals surface area contributed by atoms with Crippen LogP contribution in [-0.4, -0.2) is 26.9 Å². The molecule has 4 rings (SSSR count). The Kier molecular flexibility index (Phi) is 4.88. The number of furan rings is 1. The van der Waals surface area contributed by atoms with Gasteiger partial charge in [-0.3, -0.25) is 19.1 Å². The highest BCUT2D eigenvalue weighted by molar-refractivity contribution is 5.76. The Balaban J connectivity index is 1.45. The molecule has 1 saturated carbocycles. The molecule has 1 fully saturated rings. The first-order valence-electron chi connectivity index (χ1n) is 9.28. The van der Waals surface area contributed by atoms with Crippen molar-refractivity contribution in [2.75, 3.05) is 6.54 Å².